The highest BCUT2D eigenvalue weighted by Crippen LogP contribution is 2.04. The van der Waals surface area contributed by atoms with Crippen LogP contribution in [-0.2, 0) is 11.9 Å². The monoisotopic (exact) mass is 370 g/mol. The number of likely N-dealkylation sites (N-methyl/N-ethyl adjacent to an activating group) is 1. The molecule has 0 saturated carbocycles. The zero-order chi connectivity index (χ0) is 19.2. The molecule has 0 aliphatic carbocycles. The first-order chi connectivity index (χ1) is 12.0. The van der Waals surface area contributed by atoms with Crippen molar-refractivity contribution in [2.45, 2.75) is 13.8 Å². The van der Waals surface area contributed by atoms with E-state index in [1.807, 2.05) is 50.8 Å². The Balaban J connectivity index is 0.000000421. The molecule has 2 rings (SSSR count). The lowest BCUT2D eigenvalue weighted by molar-refractivity contribution is -0.276. The van der Waals surface area contributed by atoms with Gasteiger partial charge in [-0.15, -0.1) is 4.91 Å². The van der Waals surface area contributed by atoms with Gasteiger partial charge in [0.2, 0.25) is 0 Å². The van der Waals surface area contributed by atoms with Crippen LogP contribution in [-0.4, -0.2) is 73.4 Å². The number of hydrogen-bond donors (Lipinski definition) is 0. The van der Waals surface area contributed by atoms with Crippen molar-refractivity contribution in [3.05, 3.63) is 33.4 Å². The Morgan fingerprint density at radius 2 is 1.84 bits per heavy atom. The number of aliphatic imine (C=N–C) groups is 1. The predicted octanol–water partition coefficient (Wildman–Crippen LogP) is 2.52. The van der Waals surface area contributed by atoms with Crippen molar-refractivity contribution in [3.8, 4) is 0 Å². The molecular weight excluding hydrogens is 340 g/mol. The molecule has 1 fully saturated rings. The molecule has 1 saturated heterocycles. The summed E-state index contributed by atoms with van der Waals surface area (Å²) in [5.74, 6) is 0. The van der Waals surface area contributed by atoms with Gasteiger partial charge >= 0.3 is 0 Å². The first-order valence-corrected chi connectivity index (χ1v) is 8.63. The number of piperazine rings is 1. The van der Waals surface area contributed by atoms with Crippen LogP contribution in [0.3, 0.4) is 0 Å². The van der Waals surface area contributed by atoms with E-state index >= 15 is 0 Å². The highest BCUT2D eigenvalue weighted by Gasteiger charge is 2.19. The Morgan fingerprint density at radius 1 is 1.24 bits per heavy atom. The second kappa shape index (κ2) is 13.6. The van der Waals surface area contributed by atoms with Crippen molar-refractivity contribution in [1.82, 2.24) is 19.8 Å². The van der Waals surface area contributed by atoms with Gasteiger partial charge in [-0.3, -0.25) is 4.99 Å². The molecule has 142 valence electrons. The molecule has 0 N–H and O–H groups in total. The lowest BCUT2D eigenvalue weighted by atomic mass is 10.3. The van der Waals surface area contributed by atoms with Crippen LogP contribution in [0.5, 0.6) is 0 Å². The van der Waals surface area contributed by atoms with Gasteiger partial charge in [0.05, 0.1) is 12.4 Å². The van der Waals surface area contributed by atoms with Crippen molar-refractivity contribution < 1.29 is 4.84 Å². The number of hydrogen-bond acceptors (Lipinski definition) is 7. The summed E-state index contributed by atoms with van der Waals surface area (Å²) in [7, 11) is 7.14. The van der Waals surface area contributed by atoms with Crippen LogP contribution in [0, 0.1) is 9.55 Å². The molecule has 0 bridgehead atoms. The third-order valence-corrected chi connectivity index (χ3v) is 3.90. The maximum absolute atomic E-state index is 10.2. The fourth-order valence-corrected chi connectivity index (χ4v) is 2.20. The summed E-state index contributed by atoms with van der Waals surface area (Å²) in [4.78, 5) is 21.0. The number of pyridine rings is 1. The molecule has 1 aliphatic rings. The van der Waals surface area contributed by atoms with Crippen molar-refractivity contribution >= 4 is 18.4 Å². The normalized spacial score (nSPS) is 15.0. The maximum atomic E-state index is 10.2. The third-order valence-electron chi connectivity index (χ3n) is 3.38. The summed E-state index contributed by atoms with van der Waals surface area (Å²) in [6, 6.07) is 3.90. The molecule has 1 aromatic rings. The molecule has 1 aliphatic heterocycles. The second-order valence-electron chi connectivity index (χ2n) is 5.04. The van der Waals surface area contributed by atoms with Crippen LogP contribution in [0.2, 0.25) is 0 Å². The molecule has 0 unspecified atom stereocenters. The van der Waals surface area contributed by atoms with Gasteiger partial charge in [-0.25, -0.2) is 4.84 Å². The Bertz CT molecular complexity index is 570. The fraction of sp³-hybridized carbons (Fsp3) is 0.625. The van der Waals surface area contributed by atoms with Crippen molar-refractivity contribution in [1.29, 1.82) is 0 Å². The van der Waals surface area contributed by atoms with Gasteiger partial charge in [0.1, 0.15) is 4.64 Å². The maximum Gasteiger partial charge on any atom is 0.114 e. The Kier molecular flexibility index (Phi) is 12.7. The molecule has 0 atom stereocenters. The van der Waals surface area contributed by atoms with Gasteiger partial charge in [0.25, 0.3) is 0 Å². The van der Waals surface area contributed by atoms with Crippen LogP contribution >= 0.6 is 12.2 Å². The summed E-state index contributed by atoms with van der Waals surface area (Å²) in [6.45, 7) is 7.40. The van der Waals surface area contributed by atoms with Gasteiger partial charge < -0.3 is 9.47 Å². The summed E-state index contributed by atoms with van der Waals surface area (Å²) in [5.41, 5.74) is 0.993. The van der Waals surface area contributed by atoms with E-state index in [1.165, 1.54) is 7.11 Å². The number of hydrazine groups is 1. The quantitative estimate of drug-likeness (QED) is 0.351. The molecule has 0 aromatic carbocycles. The Morgan fingerprint density at radius 3 is 2.32 bits per heavy atom. The van der Waals surface area contributed by atoms with E-state index < -0.39 is 0 Å². The van der Waals surface area contributed by atoms with E-state index in [-0.39, 0.29) is 0 Å². The first kappa shape index (κ1) is 23.3. The average Bonchev–Trinajstić information content (AvgIpc) is 2.64. The van der Waals surface area contributed by atoms with Crippen LogP contribution in [0.4, 0.5) is 0 Å². The zero-order valence-corrected chi connectivity index (χ0v) is 16.9. The van der Waals surface area contributed by atoms with E-state index in [4.69, 9.17) is 17.1 Å². The van der Waals surface area contributed by atoms with E-state index in [0.717, 1.165) is 41.7 Å². The lowest BCUT2D eigenvalue weighted by Gasteiger charge is -2.34. The van der Waals surface area contributed by atoms with Gasteiger partial charge in [0, 0.05) is 58.2 Å². The molecule has 1 aromatic heterocycles. The Hall–Kier alpha value is -1.68. The average molecular weight is 371 g/mol. The second-order valence-corrected chi connectivity index (χ2v) is 5.43. The van der Waals surface area contributed by atoms with Crippen LogP contribution < -0.4 is 0 Å². The van der Waals surface area contributed by atoms with Crippen molar-refractivity contribution in [2.24, 2.45) is 17.3 Å². The molecule has 25 heavy (non-hydrogen) atoms. The van der Waals surface area contributed by atoms with E-state index in [2.05, 4.69) is 15.2 Å². The van der Waals surface area contributed by atoms with Gasteiger partial charge in [0.15, 0.2) is 0 Å². The molecule has 0 radical (unpaired) electrons. The van der Waals surface area contributed by atoms with Crippen LogP contribution in [0.15, 0.2) is 28.6 Å². The SMILES string of the molecule is CC.CN=Cc1cccn(C)c1=S.CON(N=O)N1CCN(C)CC1. The highest BCUT2D eigenvalue weighted by molar-refractivity contribution is 7.71. The molecule has 0 amide bonds. The van der Waals surface area contributed by atoms with Crippen molar-refractivity contribution in [3.63, 3.8) is 0 Å². The minimum absolute atomic E-state index is 0.774. The minimum atomic E-state index is 0.774. The number of nitrogens with zero attached hydrogens (tertiary/aromatic N) is 6. The lowest BCUT2D eigenvalue weighted by Crippen LogP contribution is -2.50. The summed E-state index contributed by atoms with van der Waals surface area (Å²) in [6.07, 6.45) is 3.69. The number of nitroso groups, excluding NO2 is 1. The van der Waals surface area contributed by atoms with Crippen LogP contribution in [0.1, 0.15) is 19.4 Å². The number of aromatic nitrogens is 1. The summed E-state index contributed by atoms with van der Waals surface area (Å²) >= 11 is 5.13. The molecular formula is C16H30N6O2S. The molecule has 9 heteroatoms. The van der Waals surface area contributed by atoms with E-state index in [1.54, 1.807) is 18.3 Å². The highest BCUT2D eigenvalue weighted by atomic mass is 32.1. The summed E-state index contributed by atoms with van der Waals surface area (Å²) in [5, 5.41) is 5.49. The molecule has 8 nitrogen and oxygen atoms in total. The molecule has 0 spiro atoms. The number of rotatable bonds is 4. The number of aryl methyl sites for hydroxylation is 1. The predicted molar refractivity (Wildman–Crippen MR) is 105 cm³/mol. The van der Waals surface area contributed by atoms with Gasteiger partial charge in [-0.1, -0.05) is 31.3 Å². The standard InChI is InChI=1S/C8H10N2S.C6H14N4O2.C2H6/c1-9-6-7-4-3-5-10(2)8(7)11;1-8-3-5-9(6-4-8)10(7-11)12-2;1-2/h3-6H,1-2H3;3-6H2,1-2H3;1-2H3. The van der Waals surface area contributed by atoms with Gasteiger partial charge in [-0.2, -0.15) is 5.01 Å². The Labute approximate surface area is 155 Å². The fourth-order valence-electron chi connectivity index (χ4n) is 2.02. The largest absolute Gasteiger partial charge is 0.342 e. The van der Waals surface area contributed by atoms with E-state index in [0.29, 0.717) is 0 Å². The summed E-state index contributed by atoms with van der Waals surface area (Å²) < 4.78 is 2.71. The molecule has 2 heterocycles. The van der Waals surface area contributed by atoms with E-state index in [9.17, 15) is 4.91 Å². The minimum Gasteiger partial charge on any atom is -0.342 e. The smallest absolute Gasteiger partial charge is 0.114 e. The third kappa shape index (κ3) is 8.30. The van der Waals surface area contributed by atoms with Crippen LogP contribution in [0.25, 0.3) is 0 Å². The van der Waals surface area contributed by atoms with Gasteiger partial charge in [-0.05, 0) is 19.2 Å². The first-order valence-electron chi connectivity index (χ1n) is 8.22. The van der Waals surface area contributed by atoms with Crippen molar-refractivity contribution in [2.75, 3.05) is 47.4 Å². The topological polar surface area (TPSA) is 65.7 Å². The zero-order valence-electron chi connectivity index (χ0n) is 16.0.